The zero-order valence-corrected chi connectivity index (χ0v) is 10.9. The Bertz CT molecular complexity index is 393. The van der Waals surface area contributed by atoms with E-state index >= 15 is 0 Å². The zero-order chi connectivity index (χ0) is 11.7. The maximum Gasteiger partial charge on any atom is 0.0492 e. The molecular formula is C12H16Cl2N2. The molecule has 1 unspecified atom stereocenters. The van der Waals surface area contributed by atoms with Crippen molar-refractivity contribution in [3.8, 4) is 0 Å². The molecule has 1 heterocycles. The van der Waals surface area contributed by atoms with Crippen molar-refractivity contribution in [1.29, 1.82) is 0 Å². The van der Waals surface area contributed by atoms with Crippen molar-refractivity contribution in [3.05, 3.63) is 33.3 Å². The summed E-state index contributed by atoms with van der Waals surface area (Å²) in [5, 5.41) is 1.59. The van der Waals surface area contributed by atoms with Gasteiger partial charge in [0.2, 0.25) is 0 Å². The van der Waals surface area contributed by atoms with Gasteiger partial charge in [0, 0.05) is 29.2 Å². The van der Waals surface area contributed by atoms with Crippen LogP contribution >= 0.6 is 23.2 Å². The fourth-order valence-electron chi connectivity index (χ4n) is 2.42. The van der Waals surface area contributed by atoms with Gasteiger partial charge in [-0.3, -0.25) is 4.90 Å². The molecular weight excluding hydrogens is 243 g/mol. The van der Waals surface area contributed by atoms with Crippen molar-refractivity contribution < 1.29 is 0 Å². The molecule has 4 heteroatoms. The van der Waals surface area contributed by atoms with Crippen molar-refractivity contribution in [2.45, 2.75) is 25.9 Å². The highest BCUT2D eigenvalue weighted by Gasteiger charge is 2.31. The molecule has 0 bridgehead atoms. The molecule has 2 N–H and O–H groups in total. The average Bonchev–Trinajstić information content (AvgIpc) is 2.64. The summed E-state index contributed by atoms with van der Waals surface area (Å²) in [5.41, 5.74) is 8.13. The number of hydrogen-bond donors (Lipinski definition) is 1. The van der Waals surface area contributed by atoms with E-state index in [2.05, 4.69) is 11.8 Å². The van der Waals surface area contributed by atoms with Gasteiger partial charge < -0.3 is 5.73 Å². The van der Waals surface area contributed by atoms with Crippen LogP contribution in [0.3, 0.4) is 0 Å². The predicted molar refractivity (Wildman–Crippen MR) is 69.0 cm³/mol. The third kappa shape index (κ3) is 1.95. The van der Waals surface area contributed by atoms with E-state index in [1.807, 2.05) is 12.1 Å². The van der Waals surface area contributed by atoms with Crippen LogP contribution in [0.4, 0.5) is 0 Å². The Hall–Kier alpha value is -0.280. The Morgan fingerprint density at radius 3 is 2.69 bits per heavy atom. The molecule has 0 saturated heterocycles. The van der Waals surface area contributed by atoms with Crippen LogP contribution in [-0.2, 0) is 6.54 Å². The van der Waals surface area contributed by atoms with E-state index in [9.17, 15) is 0 Å². The van der Waals surface area contributed by atoms with Crippen LogP contribution in [0, 0.1) is 0 Å². The first-order valence-corrected chi connectivity index (χ1v) is 6.35. The summed E-state index contributed by atoms with van der Waals surface area (Å²) in [7, 11) is 0. The second-order valence-electron chi connectivity index (χ2n) is 4.14. The first kappa shape index (κ1) is 12.2. The molecule has 0 spiro atoms. The summed E-state index contributed by atoms with van der Waals surface area (Å²) >= 11 is 12.4. The number of halogens is 2. The topological polar surface area (TPSA) is 29.3 Å². The second kappa shape index (κ2) is 4.92. The van der Waals surface area contributed by atoms with E-state index < -0.39 is 0 Å². The predicted octanol–water partition coefficient (Wildman–Crippen LogP) is 3.22. The van der Waals surface area contributed by atoms with Gasteiger partial charge in [-0.25, -0.2) is 0 Å². The maximum absolute atomic E-state index is 6.24. The molecule has 0 aliphatic carbocycles. The van der Waals surface area contributed by atoms with Gasteiger partial charge in [-0.05, 0) is 36.2 Å². The highest BCUT2D eigenvalue weighted by Crippen LogP contribution is 2.41. The highest BCUT2D eigenvalue weighted by molar-refractivity contribution is 6.34. The minimum absolute atomic E-state index is 0.223. The molecule has 0 saturated carbocycles. The van der Waals surface area contributed by atoms with Gasteiger partial charge in [0.25, 0.3) is 0 Å². The molecule has 0 aromatic heterocycles. The van der Waals surface area contributed by atoms with Gasteiger partial charge in [-0.1, -0.05) is 30.1 Å². The maximum atomic E-state index is 6.24. The van der Waals surface area contributed by atoms with E-state index in [0.717, 1.165) is 40.7 Å². The summed E-state index contributed by atoms with van der Waals surface area (Å²) in [5.74, 6) is 0. The lowest BCUT2D eigenvalue weighted by Gasteiger charge is -2.23. The van der Waals surface area contributed by atoms with Crippen LogP contribution in [0.25, 0.3) is 0 Å². The molecule has 2 rings (SSSR count). The first-order valence-electron chi connectivity index (χ1n) is 5.60. The molecule has 1 aromatic rings. The largest absolute Gasteiger partial charge is 0.329 e. The fraction of sp³-hybridized carbons (Fsp3) is 0.500. The van der Waals surface area contributed by atoms with Gasteiger partial charge in [0.1, 0.15) is 0 Å². The van der Waals surface area contributed by atoms with Gasteiger partial charge in [0.15, 0.2) is 0 Å². The van der Waals surface area contributed by atoms with Crippen LogP contribution in [0.5, 0.6) is 0 Å². The molecule has 1 aliphatic heterocycles. The molecule has 2 nitrogen and oxygen atoms in total. The molecule has 1 atom stereocenters. The third-order valence-electron chi connectivity index (χ3n) is 3.12. The SMILES string of the molecule is CCCN1Cc2c(Cl)ccc(Cl)c2C1CN. The number of fused-ring (bicyclic) bond motifs is 1. The molecule has 1 aromatic carbocycles. The number of nitrogens with zero attached hydrogens (tertiary/aromatic N) is 1. The van der Waals surface area contributed by atoms with Crippen LogP contribution < -0.4 is 5.73 Å². The van der Waals surface area contributed by atoms with E-state index in [1.165, 1.54) is 0 Å². The van der Waals surface area contributed by atoms with Gasteiger partial charge in [-0.15, -0.1) is 0 Å². The summed E-state index contributed by atoms with van der Waals surface area (Å²) in [6.07, 6.45) is 1.11. The molecule has 0 amide bonds. The van der Waals surface area contributed by atoms with Crippen LogP contribution in [0.1, 0.15) is 30.5 Å². The second-order valence-corrected chi connectivity index (χ2v) is 4.96. The van der Waals surface area contributed by atoms with Crippen LogP contribution in [0.15, 0.2) is 12.1 Å². The molecule has 88 valence electrons. The third-order valence-corrected chi connectivity index (χ3v) is 3.80. The lowest BCUT2D eigenvalue weighted by molar-refractivity contribution is 0.220. The van der Waals surface area contributed by atoms with Crippen molar-refractivity contribution in [3.63, 3.8) is 0 Å². The number of rotatable bonds is 3. The fourth-order valence-corrected chi connectivity index (χ4v) is 2.94. The van der Waals surface area contributed by atoms with Crippen molar-refractivity contribution in [2.75, 3.05) is 13.1 Å². The van der Waals surface area contributed by atoms with E-state index in [4.69, 9.17) is 28.9 Å². The van der Waals surface area contributed by atoms with Gasteiger partial charge in [-0.2, -0.15) is 0 Å². The average molecular weight is 259 g/mol. The van der Waals surface area contributed by atoms with E-state index in [-0.39, 0.29) is 6.04 Å². The molecule has 1 aliphatic rings. The lowest BCUT2D eigenvalue weighted by Crippen LogP contribution is -2.28. The van der Waals surface area contributed by atoms with Gasteiger partial charge in [0.05, 0.1) is 0 Å². The number of nitrogens with two attached hydrogens (primary N) is 1. The summed E-state index contributed by atoms with van der Waals surface area (Å²) < 4.78 is 0. The van der Waals surface area contributed by atoms with Crippen molar-refractivity contribution in [1.82, 2.24) is 4.90 Å². The number of hydrogen-bond acceptors (Lipinski definition) is 2. The summed E-state index contributed by atoms with van der Waals surface area (Å²) in [4.78, 5) is 2.35. The smallest absolute Gasteiger partial charge is 0.0492 e. The molecule has 0 radical (unpaired) electrons. The van der Waals surface area contributed by atoms with Crippen LogP contribution in [0.2, 0.25) is 10.0 Å². The minimum atomic E-state index is 0.223. The first-order chi connectivity index (χ1) is 7.69. The van der Waals surface area contributed by atoms with E-state index in [1.54, 1.807) is 0 Å². The van der Waals surface area contributed by atoms with Crippen molar-refractivity contribution >= 4 is 23.2 Å². The normalized spacial score (nSPS) is 20.1. The summed E-state index contributed by atoms with van der Waals surface area (Å²) in [6, 6.07) is 3.95. The zero-order valence-electron chi connectivity index (χ0n) is 9.34. The minimum Gasteiger partial charge on any atom is -0.329 e. The Morgan fingerprint density at radius 1 is 1.38 bits per heavy atom. The quantitative estimate of drug-likeness (QED) is 0.903. The Morgan fingerprint density at radius 2 is 2.06 bits per heavy atom. The Balaban J connectivity index is 2.42. The lowest BCUT2D eigenvalue weighted by atomic mass is 10.0. The van der Waals surface area contributed by atoms with Crippen molar-refractivity contribution in [2.24, 2.45) is 5.73 Å². The Kier molecular flexibility index (Phi) is 3.75. The highest BCUT2D eigenvalue weighted by atomic mass is 35.5. The van der Waals surface area contributed by atoms with E-state index in [0.29, 0.717) is 6.54 Å². The summed E-state index contributed by atoms with van der Waals surface area (Å²) in [6.45, 7) is 4.65. The molecule has 0 fully saturated rings. The molecule has 16 heavy (non-hydrogen) atoms. The number of benzene rings is 1. The Labute approximate surface area is 106 Å². The van der Waals surface area contributed by atoms with Crippen LogP contribution in [-0.4, -0.2) is 18.0 Å². The monoisotopic (exact) mass is 258 g/mol. The standard InChI is InChI=1S/C12H16Cl2N2/c1-2-5-16-7-8-9(13)3-4-10(14)12(8)11(16)6-15/h3-4,11H,2,5-7,15H2,1H3. The van der Waals surface area contributed by atoms with Gasteiger partial charge >= 0.3 is 0 Å².